The van der Waals surface area contributed by atoms with Gasteiger partial charge in [0.25, 0.3) is 11.8 Å². The highest BCUT2D eigenvalue weighted by molar-refractivity contribution is 6.40. The Kier molecular flexibility index (Phi) is 6.16. The molecule has 0 bridgehead atoms. The second-order valence-electron chi connectivity index (χ2n) is 9.30. The fourth-order valence-electron chi connectivity index (χ4n) is 4.64. The van der Waals surface area contributed by atoms with Crippen LogP contribution in [0.15, 0.2) is 42.0 Å². The summed E-state index contributed by atoms with van der Waals surface area (Å²) in [6.45, 7) is 8.81. The molecule has 2 aliphatic rings. The molecule has 0 radical (unpaired) electrons. The van der Waals surface area contributed by atoms with Gasteiger partial charge in [-0.25, -0.2) is 9.69 Å². The Morgan fingerprint density at radius 3 is 2.65 bits per heavy atom. The molecule has 7 nitrogen and oxygen atoms in total. The van der Waals surface area contributed by atoms with Crippen molar-refractivity contribution in [2.24, 2.45) is 0 Å². The molecule has 2 heterocycles. The predicted molar refractivity (Wildman–Crippen MR) is 134 cm³/mol. The molecule has 0 aliphatic carbocycles. The predicted octanol–water partition coefficient (Wildman–Crippen LogP) is 5.13. The summed E-state index contributed by atoms with van der Waals surface area (Å²) in [7, 11) is 2.04. The zero-order chi connectivity index (χ0) is 24.8. The fraction of sp³-hybridized carbons (Fsp3) is 0.346. The van der Waals surface area contributed by atoms with Gasteiger partial charge in [0, 0.05) is 29.4 Å². The topological polar surface area (TPSA) is 79.0 Å². The number of hydrogen-bond donors (Lipinski definition) is 1. The summed E-state index contributed by atoms with van der Waals surface area (Å²) < 4.78 is 5.48. The highest BCUT2D eigenvalue weighted by Crippen LogP contribution is 2.44. The molecule has 178 valence electrons. The van der Waals surface area contributed by atoms with Crippen molar-refractivity contribution in [1.82, 2.24) is 5.32 Å². The first-order chi connectivity index (χ1) is 16.0. The molecular weight excluding hydrogens is 454 g/mol. The van der Waals surface area contributed by atoms with Gasteiger partial charge < -0.3 is 9.64 Å². The molecule has 4 amide bonds. The van der Waals surface area contributed by atoms with Crippen LogP contribution in [-0.4, -0.2) is 37.0 Å². The number of nitrogens with one attached hydrogen (secondary N) is 1. The Hall–Kier alpha value is -3.32. The number of nitrogens with zero attached hydrogens (tertiary/aromatic N) is 2. The minimum Gasteiger partial charge on any atom is -0.494 e. The number of carbonyl (C=O) groups excluding carboxylic acids is 3. The number of fused-ring (bicyclic) bond motifs is 1. The van der Waals surface area contributed by atoms with E-state index in [0.29, 0.717) is 28.6 Å². The van der Waals surface area contributed by atoms with E-state index < -0.39 is 17.8 Å². The van der Waals surface area contributed by atoms with Crippen LogP contribution in [0.3, 0.4) is 0 Å². The van der Waals surface area contributed by atoms with Crippen molar-refractivity contribution < 1.29 is 19.1 Å². The quantitative estimate of drug-likeness (QED) is 0.484. The van der Waals surface area contributed by atoms with Crippen LogP contribution in [0.4, 0.5) is 16.2 Å². The smallest absolute Gasteiger partial charge is 0.335 e. The van der Waals surface area contributed by atoms with Crippen LogP contribution in [0.5, 0.6) is 5.75 Å². The van der Waals surface area contributed by atoms with Gasteiger partial charge in [-0.2, -0.15) is 0 Å². The SMILES string of the molecule is CCOc1cccc(N2C(=O)NC(=O)/C(=C\c3cc4c(cc3Cl)N(C)C(C)(C)CC4C)C2=O)c1. The fourth-order valence-corrected chi connectivity index (χ4v) is 4.85. The van der Waals surface area contributed by atoms with Crippen LogP contribution in [0, 0.1) is 0 Å². The molecule has 34 heavy (non-hydrogen) atoms. The number of imide groups is 2. The first-order valence-electron chi connectivity index (χ1n) is 11.2. The lowest BCUT2D eigenvalue weighted by atomic mass is 9.80. The van der Waals surface area contributed by atoms with E-state index in [9.17, 15) is 14.4 Å². The molecule has 1 saturated heterocycles. The first kappa shape index (κ1) is 23.8. The number of rotatable bonds is 4. The zero-order valence-electron chi connectivity index (χ0n) is 19.9. The number of carbonyl (C=O) groups is 3. The van der Waals surface area contributed by atoms with Crippen molar-refractivity contribution in [1.29, 1.82) is 0 Å². The van der Waals surface area contributed by atoms with Crippen LogP contribution in [-0.2, 0) is 9.59 Å². The molecule has 1 unspecified atom stereocenters. The maximum atomic E-state index is 13.3. The van der Waals surface area contributed by atoms with Gasteiger partial charge in [-0.15, -0.1) is 0 Å². The molecule has 0 aromatic heterocycles. The monoisotopic (exact) mass is 481 g/mol. The lowest BCUT2D eigenvalue weighted by Gasteiger charge is -2.45. The number of benzene rings is 2. The van der Waals surface area contributed by atoms with E-state index >= 15 is 0 Å². The summed E-state index contributed by atoms with van der Waals surface area (Å²) in [5.74, 6) is -0.692. The number of hydrogen-bond acceptors (Lipinski definition) is 5. The zero-order valence-corrected chi connectivity index (χ0v) is 20.7. The summed E-state index contributed by atoms with van der Waals surface area (Å²) in [4.78, 5) is 41.6. The number of barbiturate groups is 1. The number of amides is 4. The van der Waals surface area contributed by atoms with Gasteiger partial charge in [0.2, 0.25) is 0 Å². The molecule has 1 N–H and O–H groups in total. The highest BCUT2D eigenvalue weighted by atomic mass is 35.5. The van der Waals surface area contributed by atoms with Crippen LogP contribution >= 0.6 is 11.6 Å². The van der Waals surface area contributed by atoms with Gasteiger partial charge in [0.05, 0.1) is 12.3 Å². The summed E-state index contributed by atoms with van der Waals surface area (Å²) in [6.07, 6.45) is 2.41. The Labute approximate surface area is 204 Å². The molecule has 8 heteroatoms. The van der Waals surface area contributed by atoms with E-state index in [0.717, 1.165) is 22.6 Å². The lowest BCUT2D eigenvalue weighted by Crippen LogP contribution is -2.54. The van der Waals surface area contributed by atoms with E-state index in [4.69, 9.17) is 16.3 Å². The van der Waals surface area contributed by atoms with E-state index in [-0.39, 0.29) is 17.0 Å². The first-order valence-corrected chi connectivity index (χ1v) is 11.6. The van der Waals surface area contributed by atoms with Gasteiger partial charge >= 0.3 is 6.03 Å². The van der Waals surface area contributed by atoms with Crippen molar-refractivity contribution in [3.63, 3.8) is 0 Å². The van der Waals surface area contributed by atoms with Crippen molar-refractivity contribution >= 4 is 46.9 Å². The molecule has 2 aliphatic heterocycles. The van der Waals surface area contributed by atoms with Gasteiger partial charge in [0.1, 0.15) is 11.3 Å². The molecule has 2 aromatic carbocycles. The third kappa shape index (κ3) is 4.16. The Bertz CT molecular complexity index is 1220. The third-order valence-corrected chi connectivity index (χ3v) is 6.87. The maximum absolute atomic E-state index is 13.3. The van der Waals surface area contributed by atoms with E-state index in [1.54, 1.807) is 24.3 Å². The third-order valence-electron chi connectivity index (χ3n) is 6.54. The van der Waals surface area contributed by atoms with E-state index in [1.165, 1.54) is 6.08 Å². The number of anilines is 2. The molecule has 0 spiro atoms. The molecule has 2 aromatic rings. The van der Waals surface area contributed by atoms with Crippen molar-refractivity contribution in [3.8, 4) is 5.75 Å². The number of ether oxygens (including phenoxy) is 1. The molecule has 0 saturated carbocycles. The summed E-state index contributed by atoms with van der Waals surface area (Å²) in [5, 5.41) is 2.68. The van der Waals surface area contributed by atoms with Gasteiger partial charge in [0.15, 0.2) is 0 Å². The average molecular weight is 482 g/mol. The summed E-state index contributed by atoms with van der Waals surface area (Å²) in [5.41, 5.74) is 2.79. The van der Waals surface area contributed by atoms with Crippen molar-refractivity contribution in [3.05, 3.63) is 58.1 Å². The molecule has 4 rings (SSSR count). The van der Waals surface area contributed by atoms with Crippen LogP contribution in [0.1, 0.15) is 51.2 Å². The minimum atomic E-state index is -0.810. The Balaban J connectivity index is 1.75. The Morgan fingerprint density at radius 2 is 1.94 bits per heavy atom. The standard InChI is InChI=1S/C26H28ClN3O4/c1-6-34-18-9-7-8-17(12-18)30-24(32)20(23(31)28-25(30)33)11-16-10-19-15(2)14-26(3,4)29(5)22(19)13-21(16)27/h7-13,15H,6,14H2,1-5H3,(H,28,31,33)/b20-11+. The van der Waals surface area contributed by atoms with E-state index in [1.807, 2.05) is 26.1 Å². The maximum Gasteiger partial charge on any atom is 0.335 e. The van der Waals surface area contributed by atoms with Gasteiger partial charge in [-0.1, -0.05) is 24.6 Å². The van der Waals surface area contributed by atoms with Crippen molar-refractivity contribution in [2.75, 3.05) is 23.5 Å². The minimum absolute atomic E-state index is 0.0220. The summed E-state index contributed by atoms with van der Waals surface area (Å²) in [6, 6.07) is 9.60. The van der Waals surface area contributed by atoms with Gasteiger partial charge in [-0.3, -0.25) is 14.9 Å². The van der Waals surface area contributed by atoms with Crippen molar-refractivity contribution in [2.45, 2.75) is 45.6 Å². The second-order valence-corrected chi connectivity index (χ2v) is 9.70. The van der Waals surface area contributed by atoms with Crippen LogP contribution in [0.2, 0.25) is 5.02 Å². The number of halogens is 1. The van der Waals surface area contributed by atoms with Crippen LogP contribution in [0.25, 0.3) is 6.08 Å². The second kappa shape index (κ2) is 8.80. The molecular formula is C26H28ClN3O4. The lowest BCUT2D eigenvalue weighted by molar-refractivity contribution is -0.122. The molecule has 1 fully saturated rings. The van der Waals surface area contributed by atoms with Gasteiger partial charge in [-0.05, 0) is 74.6 Å². The average Bonchev–Trinajstić information content (AvgIpc) is 2.76. The highest BCUT2D eigenvalue weighted by Gasteiger charge is 2.38. The largest absolute Gasteiger partial charge is 0.494 e. The number of urea groups is 1. The molecule has 1 atom stereocenters. The van der Waals surface area contributed by atoms with Crippen LogP contribution < -0.4 is 19.9 Å². The summed E-state index contributed by atoms with van der Waals surface area (Å²) >= 11 is 6.61. The normalized spacial score (nSPS) is 20.9. The Morgan fingerprint density at radius 1 is 1.21 bits per heavy atom. The van der Waals surface area contributed by atoms with E-state index in [2.05, 4.69) is 31.0 Å².